The van der Waals surface area contributed by atoms with E-state index in [9.17, 15) is 4.79 Å². The summed E-state index contributed by atoms with van der Waals surface area (Å²) in [5, 5.41) is 0.535. The molecule has 86 valence electrons. The van der Waals surface area contributed by atoms with Crippen LogP contribution in [0.3, 0.4) is 0 Å². The Bertz CT molecular complexity index is 388. The number of hydrogen-bond acceptors (Lipinski definition) is 2. The van der Waals surface area contributed by atoms with Crippen molar-refractivity contribution >= 4 is 23.6 Å². The average molecular weight is 238 g/mol. The summed E-state index contributed by atoms with van der Waals surface area (Å²) >= 11 is 6.00. The van der Waals surface area contributed by atoms with E-state index in [-0.39, 0.29) is 0 Å². The number of nitrogens with zero attached hydrogens (tertiary/aromatic N) is 1. The number of carbonyl (C=O) groups excluding carboxylic acids is 1. The molecule has 16 heavy (non-hydrogen) atoms. The molecular formula is C13H16ClNO. The Morgan fingerprint density at radius 1 is 1.50 bits per heavy atom. The summed E-state index contributed by atoms with van der Waals surface area (Å²) in [6.07, 6.45) is 4.83. The summed E-state index contributed by atoms with van der Waals surface area (Å²) in [6.45, 7) is 1.08. The molecule has 1 aromatic rings. The monoisotopic (exact) mass is 237 g/mol. The number of rotatable bonds is 4. The van der Waals surface area contributed by atoms with Crippen molar-refractivity contribution in [3.05, 3.63) is 28.8 Å². The van der Waals surface area contributed by atoms with Gasteiger partial charge < -0.3 is 4.90 Å². The van der Waals surface area contributed by atoms with Crippen LogP contribution in [-0.4, -0.2) is 19.9 Å². The third-order valence-electron chi connectivity index (χ3n) is 3.31. The molecule has 0 atom stereocenters. The molecule has 1 aliphatic carbocycles. The van der Waals surface area contributed by atoms with Crippen molar-refractivity contribution in [1.29, 1.82) is 0 Å². The number of hydrogen-bond donors (Lipinski definition) is 0. The number of halogens is 1. The first-order valence-electron chi connectivity index (χ1n) is 5.66. The van der Waals surface area contributed by atoms with Gasteiger partial charge in [0, 0.05) is 24.8 Å². The molecule has 1 aliphatic rings. The van der Waals surface area contributed by atoms with Gasteiger partial charge in [0.15, 0.2) is 6.29 Å². The Morgan fingerprint density at radius 3 is 2.75 bits per heavy atom. The number of aldehydes is 1. The van der Waals surface area contributed by atoms with Crippen molar-refractivity contribution < 1.29 is 4.79 Å². The molecule has 3 heteroatoms. The lowest BCUT2D eigenvalue weighted by Gasteiger charge is -2.31. The highest BCUT2D eigenvalue weighted by atomic mass is 35.5. The zero-order valence-electron chi connectivity index (χ0n) is 9.45. The van der Waals surface area contributed by atoms with Gasteiger partial charge in [-0.25, -0.2) is 0 Å². The highest BCUT2D eigenvalue weighted by Crippen LogP contribution is 2.29. The van der Waals surface area contributed by atoms with Crippen LogP contribution in [0.1, 0.15) is 29.6 Å². The summed E-state index contributed by atoms with van der Waals surface area (Å²) in [5.74, 6) is 0.828. The van der Waals surface area contributed by atoms with Gasteiger partial charge in [-0.3, -0.25) is 4.79 Å². The standard InChI is InChI=1S/C13H16ClNO/c1-15(8-10-3-2-4-10)12-6-5-11(9-16)13(14)7-12/h5-7,9-10H,2-4,8H2,1H3. The summed E-state index contributed by atoms with van der Waals surface area (Å²) in [5.41, 5.74) is 1.64. The Balaban J connectivity index is 2.07. The van der Waals surface area contributed by atoms with Gasteiger partial charge in [-0.05, 0) is 37.0 Å². The van der Waals surface area contributed by atoms with Crippen molar-refractivity contribution in [2.24, 2.45) is 5.92 Å². The van der Waals surface area contributed by atoms with Crippen LogP contribution >= 0.6 is 11.6 Å². The van der Waals surface area contributed by atoms with Gasteiger partial charge in [-0.15, -0.1) is 0 Å². The molecule has 2 nitrogen and oxygen atoms in total. The van der Waals surface area contributed by atoms with Crippen molar-refractivity contribution in [3.8, 4) is 0 Å². The predicted molar refractivity (Wildman–Crippen MR) is 67.5 cm³/mol. The highest BCUT2D eigenvalue weighted by molar-refractivity contribution is 6.33. The van der Waals surface area contributed by atoms with Gasteiger partial charge in [0.2, 0.25) is 0 Å². The van der Waals surface area contributed by atoms with Crippen LogP contribution < -0.4 is 4.90 Å². The maximum atomic E-state index is 10.6. The normalized spacial score (nSPS) is 15.6. The van der Waals surface area contributed by atoms with Crippen molar-refractivity contribution in [3.63, 3.8) is 0 Å². The minimum atomic E-state index is 0.535. The number of benzene rings is 1. The first kappa shape index (κ1) is 11.5. The van der Waals surface area contributed by atoms with E-state index in [0.717, 1.165) is 24.4 Å². The van der Waals surface area contributed by atoms with Gasteiger partial charge in [0.25, 0.3) is 0 Å². The molecule has 2 rings (SSSR count). The van der Waals surface area contributed by atoms with Crippen molar-refractivity contribution in [2.45, 2.75) is 19.3 Å². The second-order valence-corrected chi connectivity index (χ2v) is 4.91. The largest absolute Gasteiger partial charge is 0.374 e. The number of anilines is 1. The molecule has 0 amide bonds. The first-order valence-corrected chi connectivity index (χ1v) is 6.04. The van der Waals surface area contributed by atoms with Crippen LogP contribution in [0.25, 0.3) is 0 Å². The van der Waals surface area contributed by atoms with Gasteiger partial charge >= 0.3 is 0 Å². The lowest BCUT2D eigenvalue weighted by Crippen LogP contribution is -2.29. The third kappa shape index (κ3) is 2.38. The summed E-state index contributed by atoms with van der Waals surface area (Å²) in [4.78, 5) is 12.9. The fourth-order valence-corrected chi connectivity index (χ4v) is 2.24. The second kappa shape index (κ2) is 4.88. The molecule has 0 unspecified atom stereocenters. The van der Waals surface area contributed by atoms with Gasteiger partial charge in [-0.2, -0.15) is 0 Å². The highest BCUT2D eigenvalue weighted by Gasteiger charge is 2.19. The van der Waals surface area contributed by atoms with E-state index in [4.69, 9.17) is 11.6 Å². The predicted octanol–water partition coefficient (Wildman–Crippen LogP) is 3.39. The maximum absolute atomic E-state index is 10.6. The van der Waals surface area contributed by atoms with Crippen LogP contribution in [0, 0.1) is 5.92 Å². The average Bonchev–Trinajstić information content (AvgIpc) is 2.23. The van der Waals surface area contributed by atoms with E-state index in [1.54, 1.807) is 6.07 Å². The first-order chi connectivity index (χ1) is 7.70. The molecular weight excluding hydrogens is 222 g/mol. The molecule has 0 N–H and O–H groups in total. The molecule has 0 radical (unpaired) electrons. The molecule has 1 aromatic carbocycles. The quantitative estimate of drug-likeness (QED) is 0.749. The molecule has 0 aromatic heterocycles. The van der Waals surface area contributed by atoms with Gasteiger partial charge in [-0.1, -0.05) is 18.0 Å². The Labute approximate surface area is 101 Å². The summed E-state index contributed by atoms with van der Waals surface area (Å²) < 4.78 is 0. The maximum Gasteiger partial charge on any atom is 0.151 e. The fraction of sp³-hybridized carbons (Fsp3) is 0.462. The van der Waals surface area contributed by atoms with Gasteiger partial charge in [0.1, 0.15) is 0 Å². The topological polar surface area (TPSA) is 20.3 Å². The Hall–Kier alpha value is -1.02. The fourth-order valence-electron chi connectivity index (χ4n) is 2.02. The third-order valence-corrected chi connectivity index (χ3v) is 3.64. The van der Waals surface area contributed by atoms with Crippen LogP contribution in [0.4, 0.5) is 5.69 Å². The van der Waals surface area contributed by atoms with Crippen molar-refractivity contribution in [1.82, 2.24) is 0 Å². The van der Waals surface area contributed by atoms with Crippen molar-refractivity contribution in [2.75, 3.05) is 18.5 Å². The molecule has 0 aliphatic heterocycles. The van der Waals surface area contributed by atoms with E-state index in [1.807, 2.05) is 12.1 Å². The van der Waals surface area contributed by atoms with Gasteiger partial charge in [0.05, 0.1) is 5.02 Å². The molecule has 0 spiro atoms. The Kier molecular flexibility index (Phi) is 3.49. The lowest BCUT2D eigenvalue weighted by atomic mass is 9.85. The Morgan fingerprint density at radius 2 is 2.25 bits per heavy atom. The molecule has 1 saturated carbocycles. The smallest absolute Gasteiger partial charge is 0.151 e. The van der Waals surface area contributed by atoms with E-state index < -0.39 is 0 Å². The van der Waals surface area contributed by atoms with Crippen LogP contribution in [0.15, 0.2) is 18.2 Å². The van der Waals surface area contributed by atoms with E-state index >= 15 is 0 Å². The molecule has 0 heterocycles. The van der Waals surface area contributed by atoms with Crippen LogP contribution in [0.5, 0.6) is 0 Å². The zero-order valence-corrected chi connectivity index (χ0v) is 10.2. The molecule has 0 bridgehead atoms. The van der Waals surface area contributed by atoms with Crippen LogP contribution in [-0.2, 0) is 0 Å². The molecule has 0 saturated heterocycles. The number of carbonyl (C=O) groups is 1. The molecule has 1 fully saturated rings. The minimum absolute atomic E-state index is 0.535. The van der Waals surface area contributed by atoms with E-state index in [2.05, 4.69) is 11.9 Å². The zero-order chi connectivity index (χ0) is 11.5. The minimum Gasteiger partial charge on any atom is -0.374 e. The SMILES string of the molecule is CN(CC1CCC1)c1ccc(C=O)c(Cl)c1. The summed E-state index contributed by atoms with van der Waals surface area (Å²) in [6, 6.07) is 5.60. The van der Waals surface area contributed by atoms with Crippen LogP contribution in [0.2, 0.25) is 5.02 Å². The van der Waals surface area contributed by atoms with E-state index in [0.29, 0.717) is 10.6 Å². The second-order valence-electron chi connectivity index (χ2n) is 4.50. The van der Waals surface area contributed by atoms with E-state index in [1.165, 1.54) is 19.3 Å². The lowest BCUT2D eigenvalue weighted by molar-refractivity contribution is 0.112. The summed E-state index contributed by atoms with van der Waals surface area (Å²) in [7, 11) is 2.07.